The van der Waals surface area contributed by atoms with E-state index in [1.165, 1.54) is 77.0 Å². The average Bonchev–Trinajstić information content (AvgIpc) is 3.76. The van der Waals surface area contributed by atoms with Crippen molar-refractivity contribution in [1.29, 1.82) is 0 Å². The van der Waals surface area contributed by atoms with Crippen LogP contribution in [0, 0.1) is 82.9 Å². The maximum Gasteiger partial charge on any atom is 0.0101 e. The van der Waals surface area contributed by atoms with Gasteiger partial charge in [0.25, 0.3) is 0 Å². The van der Waals surface area contributed by atoms with Crippen molar-refractivity contribution < 1.29 is 0 Å². The van der Waals surface area contributed by atoms with Crippen LogP contribution in [0.3, 0.4) is 0 Å². The van der Waals surface area contributed by atoms with Crippen molar-refractivity contribution in [2.24, 2.45) is 82.9 Å². The second kappa shape index (κ2) is 15.7. The summed E-state index contributed by atoms with van der Waals surface area (Å²) in [5.74, 6) is 14.7. The lowest BCUT2D eigenvalue weighted by Gasteiger charge is -2.55. The molecule has 0 amide bonds. The lowest BCUT2D eigenvalue weighted by molar-refractivity contribution is -0.00149. The normalized spacial score (nSPS) is 48.7. The van der Waals surface area contributed by atoms with E-state index < -0.39 is 0 Å². The number of hydrogen-bond acceptors (Lipinski definition) is 1. The second-order valence-corrected chi connectivity index (χ2v) is 22.1. The summed E-state index contributed by atoms with van der Waals surface area (Å²) in [6.07, 6.45) is 50.0. The van der Waals surface area contributed by atoms with Gasteiger partial charge in [-0.05, 0) is 205 Å². The highest BCUT2D eigenvalue weighted by atomic mass is 15.0. The Kier molecular flexibility index (Phi) is 10.8. The predicted molar refractivity (Wildman–Crippen MR) is 214 cm³/mol. The number of fused-ring (bicyclic) bond motifs is 6. The molecule has 51 heavy (non-hydrogen) atoms. The van der Waals surface area contributed by atoms with Gasteiger partial charge in [0.2, 0.25) is 0 Å². The van der Waals surface area contributed by atoms with E-state index in [4.69, 9.17) is 0 Å². The van der Waals surface area contributed by atoms with Gasteiger partial charge in [0.1, 0.15) is 0 Å². The van der Waals surface area contributed by atoms with Gasteiger partial charge in [0.05, 0.1) is 0 Å². The minimum Gasteiger partial charge on any atom is -0.311 e. The van der Waals surface area contributed by atoms with E-state index in [2.05, 4.69) is 16.5 Å². The summed E-state index contributed by atoms with van der Waals surface area (Å²) in [7, 11) is 0. The Morgan fingerprint density at radius 2 is 0.725 bits per heavy atom. The van der Waals surface area contributed by atoms with Crippen molar-refractivity contribution in [3.63, 3.8) is 0 Å². The van der Waals surface area contributed by atoms with E-state index >= 15 is 0 Å². The van der Waals surface area contributed by atoms with Crippen LogP contribution in [0.2, 0.25) is 0 Å². The molecule has 0 aromatic carbocycles. The van der Waals surface area contributed by atoms with Crippen LogP contribution in [0.5, 0.6) is 0 Å². The molecule has 10 rings (SSSR count). The first kappa shape index (κ1) is 35.1. The second-order valence-electron chi connectivity index (χ2n) is 22.1. The molecule has 7 saturated carbocycles. The third kappa shape index (κ3) is 7.16. The van der Waals surface area contributed by atoms with Gasteiger partial charge in [-0.3, -0.25) is 0 Å². The van der Waals surface area contributed by atoms with Crippen molar-refractivity contribution in [1.82, 2.24) is 5.32 Å². The van der Waals surface area contributed by atoms with E-state index in [-0.39, 0.29) is 0 Å². The highest BCUT2D eigenvalue weighted by Crippen LogP contribution is 2.60. The number of hydrogen-bond donors (Lipinski definition) is 1. The van der Waals surface area contributed by atoms with E-state index in [1.807, 2.05) is 0 Å². The van der Waals surface area contributed by atoms with Crippen molar-refractivity contribution in [2.75, 3.05) is 0 Å². The van der Waals surface area contributed by atoms with Gasteiger partial charge in [-0.25, -0.2) is 0 Å². The number of allylic oxidation sites excluding steroid dienone is 2. The zero-order valence-corrected chi connectivity index (χ0v) is 33.4. The third-order valence-corrected chi connectivity index (χ3v) is 19.9. The Morgan fingerprint density at radius 3 is 1.49 bits per heavy atom. The lowest BCUT2D eigenvalue weighted by Crippen LogP contribution is -2.54. The van der Waals surface area contributed by atoms with E-state index in [1.54, 1.807) is 128 Å². The molecule has 0 bridgehead atoms. The molecule has 10 aliphatic rings. The molecule has 1 saturated heterocycles. The summed E-state index contributed by atoms with van der Waals surface area (Å²) in [6.45, 7) is 0. The Balaban J connectivity index is 0.902. The molecule has 0 aromatic heterocycles. The van der Waals surface area contributed by atoms with E-state index in [0.717, 1.165) is 94.9 Å². The molecule has 1 heteroatoms. The molecule has 1 aliphatic heterocycles. The Bertz CT molecular complexity index is 1190. The van der Waals surface area contributed by atoms with Crippen LogP contribution in [0.25, 0.3) is 0 Å². The molecular formula is C50H81N. The van der Waals surface area contributed by atoms with Crippen molar-refractivity contribution >= 4 is 0 Å². The Labute approximate surface area is 315 Å². The summed E-state index contributed by atoms with van der Waals surface area (Å²) in [6, 6.07) is 1.70. The largest absolute Gasteiger partial charge is 0.311 e. The molecule has 8 fully saturated rings. The van der Waals surface area contributed by atoms with Crippen LogP contribution in [0.15, 0.2) is 11.1 Å². The van der Waals surface area contributed by atoms with Crippen LogP contribution in [-0.2, 0) is 0 Å². The molecular weight excluding hydrogens is 615 g/mol. The third-order valence-electron chi connectivity index (χ3n) is 19.9. The molecule has 9 aliphatic carbocycles. The molecule has 1 nitrogen and oxygen atoms in total. The number of rotatable bonds is 5. The topological polar surface area (TPSA) is 12.0 Å². The summed E-state index contributed by atoms with van der Waals surface area (Å²) >= 11 is 0. The Morgan fingerprint density at radius 1 is 0.275 bits per heavy atom. The van der Waals surface area contributed by atoms with Crippen LogP contribution in [0.1, 0.15) is 205 Å². The van der Waals surface area contributed by atoms with E-state index in [0.29, 0.717) is 0 Å². The average molecular weight is 696 g/mol. The monoisotopic (exact) mass is 696 g/mol. The van der Waals surface area contributed by atoms with Crippen molar-refractivity contribution in [3.05, 3.63) is 11.1 Å². The molecule has 0 spiro atoms. The van der Waals surface area contributed by atoms with Crippen molar-refractivity contribution in [3.8, 4) is 0 Å². The van der Waals surface area contributed by atoms with Gasteiger partial charge < -0.3 is 5.32 Å². The fourth-order valence-electron chi connectivity index (χ4n) is 17.5. The molecule has 14 unspecified atom stereocenters. The molecule has 0 aromatic rings. The number of nitrogens with one attached hydrogen (secondary N) is 1. The first-order chi connectivity index (χ1) is 25.2. The lowest BCUT2D eigenvalue weighted by atomic mass is 9.51. The van der Waals surface area contributed by atoms with Crippen LogP contribution in [0.4, 0.5) is 0 Å². The molecule has 0 radical (unpaired) electrons. The summed E-state index contributed by atoms with van der Waals surface area (Å²) in [4.78, 5) is 0. The van der Waals surface area contributed by atoms with Crippen LogP contribution < -0.4 is 5.32 Å². The summed E-state index contributed by atoms with van der Waals surface area (Å²) < 4.78 is 0. The zero-order chi connectivity index (χ0) is 33.7. The standard InChI is InChI=1S/C50H81N/c1-2-12-33(13-3-1)39-27-40(37-24-25-47-45-20-9-8-18-43(45)44-19-10-11-21-46(44)48(47)30-37)29-41(28-39)42-31-49(35-15-5-6-16-35)51-50(32-42)38-23-22-34-14-4-7-17-36(34)26-38/h33-43,45,47-51H,1-32H2. The molecule has 1 heterocycles. The minimum absolute atomic E-state index is 0.850. The van der Waals surface area contributed by atoms with Gasteiger partial charge in [0.15, 0.2) is 0 Å². The van der Waals surface area contributed by atoms with Gasteiger partial charge in [0, 0.05) is 12.1 Å². The fourth-order valence-corrected chi connectivity index (χ4v) is 17.5. The first-order valence-electron chi connectivity index (χ1n) is 24.7. The van der Waals surface area contributed by atoms with Gasteiger partial charge in [-0.2, -0.15) is 0 Å². The van der Waals surface area contributed by atoms with Gasteiger partial charge >= 0.3 is 0 Å². The minimum atomic E-state index is 0.850. The van der Waals surface area contributed by atoms with Crippen molar-refractivity contribution in [2.45, 2.75) is 218 Å². The van der Waals surface area contributed by atoms with Crippen LogP contribution in [-0.4, -0.2) is 12.1 Å². The first-order valence-corrected chi connectivity index (χ1v) is 24.7. The maximum absolute atomic E-state index is 4.55. The predicted octanol–water partition coefficient (Wildman–Crippen LogP) is 13.9. The summed E-state index contributed by atoms with van der Waals surface area (Å²) in [5, 5.41) is 4.55. The molecule has 286 valence electrons. The van der Waals surface area contributed by atoms with Gasteiger partial charge in [-0.1, -0.05) is 94.6 Å². The quantitative estimate of drug-likeness (QED) is 0.282. The smallest absolute Gasteiger partial charge is 0.0101 e. The number of piperidine rings is 1. The SMILES string of the molecule is C1CCC(C2CC(C3CC(C4CCCC4)NC(C4CCC5CCCCC5C4)C3)CC(C3CCC4C(C3)C3=C(CCCC3)C3CCCCC34)C2)CC1. The zero-order valence-electron chi connectivity index (χ0n) is 33.4. The van der Waals surface area contributed by atoms with Gasteiger partial charge in [-0.15, -0.1) is 0 Å². The van der Waals surface area contributed by atoms with Crippen LogP contribution >= 0.6 is 0 Å². The summed E-state index contributed by atoms with van der Waals surface area (Å²) in [5.41, 5.74) is 4.18. The molecule has 1 N–H and O–H groups in total. The fraction of sp³-hybridized carbons (Fsp3) is 0.960. The highest BCUT2D eigenvalue weighted by molar-refractivity contribution is 5.29. The van der Waals surface area contributed by atoms with E-state index in [9.17, 15) is 0 Å². The maximum atomic E-state index is 4.55. The highest BCUT2D eigenvalue weighted by Gasteiger charge is 2.50. The molecule has 14 atom stereocenters. The Hall–Kier alpha value is -0.300.